The van der Waals surface area contributed by atoms with Crippen molar-refractivity contribution in [2.24, 2.45) is 0 Å². The van der Waals surface area contributed by atoms with Crippen molar-refractivity contribution in [3.63, 3.8) is 0 Å². The topological polar surface area (TPSA) is 3.24 Å². The Hall–Kier alpha value is -5.40. The molecule has 44 heavy (non-hydrogen) atoms. The fourth-order valence-corrected chi connectivity index (χ4v) is 6.99. The molecule has 7 aromatic rings. The van der Waals surface area contributed by atoms with Gasteiger partial charge in [-0.05, 0) is 74.7 Å². The van der Waals surface area contributed by atoms with Crippen molar-refractivity contribution in [1.29, 1.82) is 0 Å². The predicted octanol–water partition coefficient (Wildman–Crippen LogP) is 11.9. The van der Waals surface area contributed by atoms with Crippen LogP contribution in [-0.2, 0) is 5.41 Å². The van der Waals surface area contributed by atoms with E-state index in [1.807, 2.05) is 0 Å². The van der Waals surface area contributed by atoms with Crippen LogP contribution in [0.15, 0.2) is 164 Å². The molecule has 0 saturated carbocycles. The molecule has 0 unspecified atom stereocenters. The monoisotopic (exact) mass is 563 g/mol. The summed E-state index contributed by atoms with van der Waals surface area (Å²) < 4.78 is 0. The fraction of sp³-hybridized carbons (Fsp3) is 0.0698. The summed E-state index contributed by atoms with van der Waals surface area (Å²) >= 11 is 0. The molecule has 0 amide bonds. The number of hydrogen-bond donors (Lipinski definition) is 0. The Labute approximate surface area is 259 Å². The Balaban J connectivity index is 1.39. The van der Waals surface area contributed by atoms with Gasteiger partial charge in [-0.25, -0.2) is 0 Å². The summed E-state index contributed by atoms with van der Waals surface area (Å²) in [6.45, 7) is 4.73. The van der Waals surface area contributed by atoms with Crippen LogP contribution in [0.3, 0.4) is 0 Å². The molecule has 0 saturated heterocycles. The van der Waals surface area contributed by atoms with E-state index in [-0.39, 0.29) is 5.41 Å². The molecule has 7 aromatic carbocycles. The molecule has 0 aliphatic heterocycles. The first-order chi connectivity index (χ1) is 21.6. The van der Waals surface area contributed by atoms with E-state index in [1.54, 1.807) is 0 Å². The van der Waals surface area contributed by atoms with Gasteiger partial charge in [0.2, 0.25) is 0 Å². The standard InChI is InChI=1S/C43H33N/c1-43(2)39-20-12-11-19-38(39)41-40(43)29-34-17-9-10-18-37(34)42(41)44(35-25-21-32(22-26-35)30-13-5-3-6-14-30)36-27-23-33(24-28-36)31-15-7-4-8-16-31/h3-29H,1-2H3. The second kappa shape index (κ2) is 10.4. The lowest BCUT2D eigenvalue weighted by atomic mass is 9.81. The smallest absolute Gasteiger partial charge is 0.0621 e. The molecule has 0 N–H and O–H groups in total. The minimum Gasteiger partial charge on any atom is -0.309 e. The maximum Gasteiger partial charge on any atom is 0.0621 e. The van der Waals surface area contributed by atoms with Crippen LogP contribution in [0.2, 0.25) is 0 Å². The van der Waals surface area contributed by atoms with Gasteiger partial charge in [0, 0.05) is 27.7 Å². The zero-order valence-corrected chi connectivity index (χ0v) is 25.0. The average Bonchev–Trinajstić information content (AvgIpc) is 3.32. The van der Waals surface area contributed by atoms with Crippen molar-refractivity contribution in [2.45, 2.75) is 19.3 Å². The normalized spacial score (nSPS) is 13.0. The molecule has 210 valence electrons. The van der Waals surface area contributed by atoms with E-state index in [1.165, 1.54) is 61.0 Å². The van der Waals surface area contributed by atoms with Gasteiger partial charge in [-0.1, -0.05) is 147 Å². The fourth-order valence-electron chi connectivity index (χ4n) is 6.99. The summed E-state index contributed by atoms with van der Waals surface area (Å²) in [6, 6.07) is 59.5. The summed E-state index contributed by atoms with van der Waals surface area (Å²) in [7, 11) is 0. The van der Waals surface area contributed by atoms with Gasteiger partial charge in [0.25, 0.3) is 0 Å². The molecule has 8 rings (SSSR count). The molecule has 0 atom stereocenters. The van der Waals surface area contributed by atoms with Gasteiger partial charge in [0.1, 0.15) is 0 Å². The molecular weight excluding hydrogens is 530 g/mol. The Morgan fingerprint density at radius 2 is 0.909 bits per heavy atom. The Morgan fingerprint density at radius 3 is 1.50 bits per heavy atom. The number of anilines is 3. The molecule has 0 bridgehead atoms. The summed E-state index contributed by atoms with van der Waals surface area (Å²) in [5.41, 5.74) is 13.7. The molecule has 1 nitrogen and oxygen atoms in total. The molecule has 1 aliphatic carbocycles. The van der Waals surface area contributed by atoms with Crippen molar-refractivity contribution in [3.05, 3.63) is 175 Å². The van der Waals surface area contributed by atoms with Crippen molar-refractivity contribution in [1.82, 2.24) is 0 Å². The first-order valence-corrected chi connectivity index (χ1v) is 15.4. The van der Waals surface area contributed by atoms with Crippen LogP contribution in [0.4, 0.5) is 17.1 Å². The molecular formula is C43H33N. The lowest BCUT2D eigenvalue weighted by molar-refractivity contribution is 0.661. The summed E-state index contributed by atoms with van der Waals surface area (Å²) in [5, 5.41) is 2.51. The minimum absolute atomic E-state index is 0.106. The Bertz CT molecular complexity index is 2020. The van der Waals surface area contributed by atoms with Gasteiger partial charge < -0.3 is 4.90 Å². The van der Waals surface area contributed by atoms with Gasteiger partial charge in [-0.15, -0.1) is 0 Å². The number of benzene rings is 7. The molecule has 0 heterocycles. The van der Waals surface area contributed by atoms with Crippen LogP contribution < -0.4 is 4.90 Å². The highest BCUT2D eigenvalue weighted by molar-refractivity contribution is 6.09. The van der Waals surface area contributed by atoms with Gasteiger partial charge in [0.15, 0.2) is 0 Å². The third-order valence-corrected chi connectivity index (χ3v) is 9.25. The van der Waals surface area contributed by atoms with Gasteiger partial charge in [-0.2, -0.15) is 0 Å². The quantitative estimate of drug-likeness (QED) is 0.201. The lowest BCUT2D eigenvalue weighted by Crippen LogP contribution is -2.16. The molecule has 1 aliphatic rings. The Kier molecular flexibility index (Phi) is 6.20. The Morgan fingerprint density at radius 1 is 0.432 bits per heavy atom. The van der Waals surface area contributed by atoms with Crippen molar-refractivity contribution in [3.8, 4) is 33.4 Å². The van der Waals surface area contributed by atoms with Gasteiger partial charge >= 0.3 is 0 Å². The number of nitrogens with zero attached hydrogens (tertiary/aromatic N) is 1. The largest absolute Gasteiger partial charge is 0.309 e. The first-order valence-electron chi connectivity index (χ1n) is 15.4. The lowest BCUT2D eigenvalue weighted by Gasteiger charge is -2.31. The van der Waals surface area contributed by atoms with E-state index >= 15 is 0 Å². The number of hydrogen-bond acceptors (Lipinski definition) is 1. The zero-order valence-electron chi connectivity index (χ0n) is 25.0. The van der Waals surface area contributed by atoms with E-state index in [9.17, 15) is 0 Å². The van der Waals surface area contributed by atoms with Crippen LogP contribution in [0.5, 0.6) is 0 Å². The second-order valence-electron chi connectivity index (χ2n) is 12.2. The summed E-state index contributed by atoms with van der Waals surface area (Å²) in [4.78, 5) is 2.48. The van der Waals surface area contributed by atoms with E-state index < -0.39 is 0 Å². The van der Waals surface area contributed by atoms with Crippen LogP contribution >= 0.6 is 0 Å². The van der Waals surface area contributed by atoms with E-state index in [0.29, 0.717) is 0 Å². The van der Waals surface area contributed by atoms with Crippen molar-refractivity contribution >= 4 is 27.8 Å². The van der Waals surface area contributed by atoms with E-state index in [2.05, 4.69) is 183 Å². The third kappa shape index (κ3) is 4.24. The highest BCUT2D eigenvalue weighted by Crippen LogP contribution is 2.56. The highest BCUT2D eigenvalue weighted by Gasteiger charge is 2.38. The van der Waals surface area contributed by atoms with E-state index in [0.717, 1.165) is 11.4 Å². The molecule has 0 aromatic heterocycles. The van der Waals surface area contributed by atoms with E-state index in [4.69, 9.17) is 0 Å². The highest BCUT2D eigenvalue weighted by atomic mass is 15.1. The predicted molar refractivity (Wildman–Crippen MR) is 187 cm³/mol. The maximum absolute atomic E-state index is 2.48. The summed E-state index contributed by atoms with van der Waals surface area (Å²) in [5.74, 6) is 0. The minimum atomic E-state index is -0.106. The molecule has 0 spiro atoms. The second-order valence-corrected chi connectivity index (χ2v) is 12.2. The maximum atomic E-state index is 2.48. The molecule has 1 heteroatoms. The van der Waals surface area contributed by atoms with Crippen molar-refractivity contribution in [2.75, 3.05) is 4.90 Å². The van der Waals surface area contributed by atoms with Gasteiger partial charge in [0.05, 0.1) is 5.69 Å². The van der Waals surface area contributed by atoms with Crippen LogP contribution in [-0.4, -0.2) is 0 Å². The number of fused-ring (bicyclic) bond motifs is 4. The summed E-state index contributed by atoms with van der Waals surface area (Å²) in [6.07, 6.45) is 0. The average molecular weight is 564 g/mol. The molecule has 0 radical (unpaired) electrons. The van der Waals surface area contributed by atoms with Crippen LogP contribution in [0.1, 0.15) is 25.0 Å². The van der Waals surface area contributed by atoms with Crippen LogP contribution in [0, 0.1) is 0 Å². The SMILES string of the molecule is CC1(C)c2ccccc2-c2c1cc1ccccc1c2N(c1ccc(-c2ccccc2)cc1)c1ccc(-c2ccccc2)cc1. The van der Waals surface area contributed by atoms with Gasteiger partial charge in [-0.3, -0.25) is 0 Å². The van der Waals surface area contributed by atoms with Crippen LogP contribution in [0.25, 0.3) is 44.2 Å². The first kappa shape index (κ1) is 26.2. The number of rotatable bonds is 5. The van der Waals surface area contributed by atoms with Crippen molar-refractivity contribution < 1.29 is 0 Å². The molecule has 0 fully saturated rings. The zero-order chi connectivity index (χ0) is 29.7. The third-order valence-electron chi connectivity index (χ3n) is 9.25.